The smallest absolute Gasteiger partial charge is 0.279 e. The van der Waals surface area contributed by atoms with Gasteiger partial charge in [-0.05, 0) is 36.8 Å². The number of anilines is 1. The Hall–Kier alpha value is -3.53. The molecule has 1 amide bonds. The summed E-state index contributed by atoms with van der Waals surface area (Å²) in [5.74, 6) is 0.513. The molecule has 2 aromatic carbocycles. The van der Waals surface area contributed by atoms with Crippen LogP contribution in [0.4, 0.5) is 5.69 Å². The minimum Gasteiger partial charge on any atom is -0.493 e. The third kappa shape index (κ3) is 4.71. The summed E-state index contributed by atoms with van der Waals surface area (Å²) in [5.41, 5.74) is 2.04. The molecule has 0 spiro atoms. The Morgan fingerprint density at radius 1 is 1.07 bits per heavy atom. The van der Waals surface area contributed by atoms with Crippen molar-refractivity contribution in [3.8, 4) is 11.5 Å². The molecule has 10 heteroatoms. The minimum atomic E-state index is -4.03. The molecule has 0 atom stereocenters. The van der Waals surface area contributed by atoms with Crippen LogP contribution in [0.1, 0.15) is 21.5 Å². The van der Waals surface area contributed by atoms with Crippen molar-refractivity contribution in [3.05, 3.63) is 65.4 Å². The summed E-state index contributed by atoms with van der Waals surface area (Å²) in [6, 6.07) is 12.1. The Morgan fingerprint density at radius 3 is 2.43 bits per heavy atom. The number of aryl methyl sites for hydroxylation is 1. The van der Waals surface area contributed by atoms with E-state index in [4.69, 9.17) is 9.47 Å². The van der Waals surface area contributed by atoms with Crippen LogP contribution in [0.5, 0.6) is 11.5 Å². The molecule has 0 bridgehead atoms. The average Bonchev–Trinajstić information content (AvgIpc) is 3.24. The number of rotatable bonds is 8. The van der Waals surface area contributed by atoms with Gasteiger partial charge in [-0.3, -0.25) is 14.6 Å². The van der Waals surface area contributed by atoms with Crippen molar-refractivity contribution in [2.75, 3.05) is 18.9 Å². The van der Waals surface area contributed by atoms with E-state index in [1.54, 1.807) is 42.5 Å². The Kier molecular flexibility index (Phi) is 6.26. The van der Waals surface area contributed by atoms with Crippen LogP contribution in [0, 0.1) is 6.92 Å². The summed E-state index contributed by atoms with van der Waals surface area (Å²) in [4.78, 5) is 12.6. The van der Waals surface area contributed by atoms with Crippen LogP contribution in [0.25, 0.3) is 0 Å². The largest absolute Gasteiger partial charge is 0.493 e. The van der Waals surface area contributed by atoms with E-state index in [0.717, 1.165) is 11.1 Å². The zero-order valence-electron chi connectivity index (χ0n) is 16.7. The second-order valence-corrected chi connectivity index (χ2v) is 8.08. The predicted molar refractivity (Wildman–Crippen MR) is 111 cm³/mol. The van der Waals surface area contributed by atoms with E-state index < -0.39 is 15.9 Å². The maximum Gasteiger partial charge on any atom is 0.279 e. The Balaban J connectivity index is 1.74. The van der Waals surface area contributed by atoms with E-state index in [9.17, 15) is 13.2 Å². The molecule has 1 aromatic heterocycles. The lowest BCUT2D eigenvalue weighted by molar-refractivity contribution is 0.0947. The molecule has 3 rings (SSSR count). The van der Waals surface area contributed by atoms with Gasteiger partial charge < -0.3 is 14.8 Å². The summed E-state index contributed by atoms with van der Waals surface area (Å²) in [6.45, 7) is 2.06. The Labute approximate surface area is 174 Å². The Bertz CT molecular complexity index is 1140. The second kappa shape index (κ2) is 8.87. The monoisotopic (exact) mass is 430 g/mol. The standard InChI is InChI=1S/C20H22N4O5S/c1-13-4-7-15(8-5-13)24-30(26,27)20-16(12-22-23-20)19(25)21-11-14-6-9-17(28-2)18(10-14)29-3/h4-10,12,24H,11H2,1-3H3,(H,21,25)(H,22,23). The third-order valence-electron chi connectivity index (χ3n) is 4.32. The highest BCUT2D eigenvalue weighted by Gasteiger charge is 2.25. The molecule has 1 heterocycles. The van der Waals surface area contributed by atoms with Crippen LogP contribution in [-0.4, -0.2) is 38.7 Å². The van der Waals surface area contributed by atoms with Gasteiger partial charge in [0.25, 0.3) is 15.9 Å². The van der Waals surface area contributed by atoms with Crippen LogP contribution >= 0.6 is 0 Å². The number of hydrogen-bond donors (Lipinski definition) is 3. The van der Waals surface area contributed by atoms with Crippen molar-refractivity contribution in [1.29, 1.82) is 0 Å². The molecule has 0 fully saturated rings. The number of nitrogens with zero attached hydrogens (tertiary/aromatic N) is 1. The van der Waals surface area contributed by atoms with Crippen molar-refractivity contribution in [3.63, 3.8) is 0 Å². The fraction of sp³-hybridized carbons (Fsp3) is 0.200. The maximum atomic E-state index is 12.7. The normalized spacial score (nSPS) is 11.0. The number of aromatic nitrogens is 2. The van der Waals surface area contributed by atoms with Gasteiger partial charge >= 0.3 is 0 Å². The first kappa shape index (κ1) is 21.2. The van der Waals surface area contributed by atoms with Crippen LogP contribution in [0.2, 0.25) is 0 Å². The predicted octanol–water partition coefficient (Wildman–Crippen LogP) is 2.47. The maximum absolute atomic E-state index is 12.7. The molecule has 0 unspecified atom stereocenters. The van der Waals surface area contributed by atoms with E-state index in [2.05, 4.69) is 20.2 Å². The summed E-state index contributed by atoms with van der Waals surface area (Å²) in [7, 11) is -0.976. The van der Waals surface area contributed by atoms with Crippen molar-refractivity contribution in [2.45, 2.75) is 18.5 Å². The molecule has 0 aliphatic heterocycles. The molecule has 0 saturated heterocycles. The second-order valence-electron chi connectivity index (χ2n) is 6.46. The minimum absolute atomic E-state index is 0.0879. The highest BCUT2D eigenvalue weighted by molar-refractivity contribution is 7.92. The molecule has 0 radical (unpaired) electrons. The number of nitrogens with one attached hydrogen (secondary N) is 3. The van der Waals surface area contributed by atoms with Gasteiger partial charge in [-0.2, -0.15) is 13.5 Å². The number of aromatic amines is 1. The number of ether oxygens (including phenoxy) is 2. The molecule has 0 aliphatic rings. The number of methoxy groups -OCH3 is 2. The van der Waals surface area contributed by atoms with Crippen LogP contribution in [-0.2, 0) is 16.6 Å². The quantitative estimate of drug-likeness (QED) is 0.505. The van der Waals surface area contributed by atoms with Gasteiger partial charge in [-0.25, -0.2) is 0 Å². The molecular formula is C20H22N4O5S. The first-order chi connectivity index (χ1) is 14.3. The molecule has 0 saturated carbocycles. The first-order valence-electron chi connectivity index (χ1n) is 8.96. The van der Waals surface area contributed by atoms with E-state index in [0.29, 0.717) is 17.2 Å². The lowest BCUT2D eigenvalue weighted by Gasteiger charge is -2.11. The number of carbonyl (C=O) groups excluding carboxylic acids is 1. The number of sulfonamides is 1. The zero-order valence-corrected chi connectivity index (χ0v) is 17.5. The van der Waals surface area contributed by atoms with Gasteiger partial charge in [0.2, 0.25) is 0 Å². The van der Waals surface area contributed by atoms with Crippen molar-refractivity contribution < 1.29 is 22.7 Å². The molecule has 158 valence electrons. The highest BCUT2D eigenvalue weighted by atomic mass is 32.2. The van der Waals surface area contributed by atoms with E-state index in [1.165, 1.54) is 20.4 Å². The zero-order chi connectivity index (χ0) is 21.7. The van der Waals surface area contributed by atoms with E-state index >= 15 is 0 Å². The number of H-pyrrole nitrogens is 1. The van der Waals surface area contributed by atoms with Gasteiger partial charge in [0.1, 0.15) is 0 Å². The van der Waals surface area contributed by atoms with Gasteiger partial charge in [0.15, 0.2) is 16.5 Å². The third-order valence-corrected chi connectivity index (χ3v) is 5.68. The lowest BCUT2D eigenvalue weighted by Crippen LogP contribution is -2.25. The lowest BCUT2D eigenvalue weighted by atomic mass is 10.2. The average molecular weight is 430 g/mol. The Morgan fingerprint density at radius 2 is 1.77 bits per heavy atom. The number of hydrogen-bond acceptors (Lipinski definition) is 6. The van der Waals surface area contributed by atoms with Crippen LogP contribution in [0.3, 0.4) is 0 Å². The van der Waals surface area contributed by atoms with Gasteiger partial charge in [0, 0.05) is 12.2 Å². The first-order valence-corrected chi connectivity index (χ1v) is 10.4. The summed E-state index contributed by atoms with van der Waals surface area (Å²) in [5, 5.41) is 8.50. The van der Waals surface area contributed by atoms with Gasteiger partial charge in [-0.1, -0.05) is 23.8 Å². The number of carbonyl (C=O) groups is 1. The molecule has 30 heavy (non-hydrogen) atoms. The molecule has 3 aromatic rings. The van der Waals surface area contributed by atoms with E-state index in [-0.39, 0.29) is 17.1 Å². The van der Waals surface area contributed by atoms with E-state index in [1.807, 2.05) is 6.92 Å². The SMILES string of the molecule is COc1ccc(CNC(=O)c2cn[nH]c2S(=O)(=O)Nc2ccc(C)cc2)cc1OC. The number of benzene rings is 2. The molecule has 3 N–H and O–H groups in total. The van der Waals surface area contributed by atoms with Gasteiger partial charge in [-0.15, -0.1) is 0 Å². The summed E-state index contributed by atoms with van der Waals surface area (Å²) < 4.78 is 38.3. The van der Waals surface area contributed by atoms with Crippen molar-refractivity contribution in [2.24, 2.45) is 0 Å². The highest BCUT2D eigenvalue weighted by Crippen LogP contribution is 2.27. The summed E-state index contributed by atoms with van der Waals surface area (Å²) >= 11 is 0. The molecular weight excluding hydrogens is 408 g/mol. The molecule has 0 aliphatic carbocycles. The molecule has 9 nitrogen and oxygen atoms in total. The topological polar surface area (TPSA) is 122 Å². The van der Waals surface area contributed by atoms with Crippen LogP contribution in [0.15, 0.2) is 53.7 Å². The van der Waals surface area contributed by atoms with Crippen LogP contribution < -0.4 is 19.5 Å². The van der Waals surface area contributed by atoms with Gasteiger partial charge in [0.05, 0.1) is 26.0 Å². The number of amides is 1. The van der Waals surface area contributed by atoms with Crippen molar-refractivity contribution >= 4 is 21.6 Å². The fourth-order valence-corrected chi connectivity index (χ4v) is 3.89. The summed E-state index contributed by atoms with van der Waals surface area (Å²) in [6.07, 6.45) is 1.17. The van der Waals surface area contributed by atoms with Crippen molar-refractivity contribution in [1.82, 2.24) is 15.5 Å². The fourth-order valence-electron chi connectivity index (χ4n) is 2.74.